The van der Waals surface area contributed by atoms with Crippen molar-refractivity contribution in [3.63, 3.8) is 0 Å². The van der Waals surface area contributed by atoms with Gasteiger partial charge in [0.1, 0.15) is 0 Å². The van der Waals surface area contributed by atoms with E-state index in [0.29, 0.717) is 0 Å². The van der Waals surface area contributed by atoms with Crippen molar-refractivity contribution < 1.29 is 4.57 Å². The molecule has 0 bridgehead atoms. The third-order valence-electron chi connectivity index (χ3n) is 5.06. The van der Waals surface area contributed by atoms with E-state index in [1.54, 1.807) is 0 Å². The van der Waals surface area contributed by atoms with E-state index in [-0.39, 0.29) is 6.04 Å². The van der Waals surface area contributed by atoms with E-state index in [2.05, 4.69) is 29.4 Å². The van der Waals surface area contributed by atoms with Gasteiger partial charge in [-0.2, -0.15) is 0 Å². The minimum atomic E-state index is -3.03. The van der Waals surface area contributed by atoms with Crippen LogP contribution >= 0.6 is 7.29 Å². The molecule has 0 aliphatic heterocycles. The molecule has 0 aliphatic carbocycles. The second-order valence-corrected chi connectivity index (χ2v) is 9.57. The monoisotopic (exact) mass is 397 g/mol. The Morgan fingerprint density at radius 2 is 1.00 bits per heavy atom. The van der Waals surface area contributed by atoms with Crippen LogP contribution in [0, 0.1) is 0 Å². The Morgan fingerprint density at radius 3 is 1.48 bits per heavy atom. The van der Waals surface area contributed by atoms with Gasteiger partial charge in [0.15, 0.2) is 0 Å². The molecular formula is C26H24NOP. The van der Waals surface area contributed by atoms with Gasteiger partial charge in [-0.3, -0.25) is 9.65 Å². The van der Waals surface area contributed by atoms with Crippen molar-refractivity contribution in [3.05, 3.63) is 132 Å². The minimum absolute atomic E-state index is 0.0788. The molecule has 0 heterocycles. The number of hydrogen-bond donors (Lipinski definition) is 1. The lowest BCUT2D eigenvalue weighted by Gasteiger charge is -2.27. The summed E-state index contributed by atoms with van der Waals surface area (Å²) in [5.41, 5.74) is 2.34. The van der Waals surface area contributed by atoms with Crippen molar-refractivity contribution in [2.45, 2.75) is 12.5 Å². The van der Waals surface area contributed by atoms with Gasteiger partial charge in [0.05, 0.1) is 0 Å². The molecule has 0 spiro atoms. The second-order valence-electron chi connectivity index (χ2n) is 7.06. The Kier molecular flexibility index (Phi) is 6.05. The smallest absolute Gasteiger partial charge is 0.205 e. The minimum Gasteiger partial charge on any atom is -0.297 e. The summed E-state index contributed by atoms with van der Waals surface area (Å²) in [6.07, 6.45) is 0.758. The Labute approximate surface area is 172 Å². The summed E-state index contributed by atoms with van der Waals surface area (Å²) >= 11 is 0. The molecule has 0 saturated heterocycles. The normalized spacial score (nSPS) is 12.4. The molecule has 0 aromatic heterocycles. The average molecular weight is 397 g/mol. The van der Waals surface area contributed by atoms with Crippen LogP contribution in [-0.2, 0) is 11.0 Å². The van der Waals surface area contributed by atoms with Crippen molar-refractivity contribution in [2.24, 2.45) is 0 Å². The van der Waals surface area contributed by atoms with Crippen molar-refractivity contribution in [2.75, 3.05) is 0 Å². The van der Waals surface area contributed by atoms with E-state index in [1.165, 1.54) is 5.56 Å². The van der Waals surface area contributed by atoms with Gasteiger partial charge in [0.2, 0.25) is 7.29 Å². The second kappa shape index (κ2) is 9.05. The molecule has 29 heavy (non-hydrogen) atoms. The molecule has 4 rings (SSSR count). The Hall–Kier alpha value is -2.93. The molecule has 1 unspecified atom stereocenters. The zero-order chi connectivity index (χ0) is 19.9. The van der Waals surface area contributed by atoms with E-state index in [9.17, 15) is 4.57 Å². The number of benzene rings is 4. The summed E-state index contributed by atoms with van der Waals surface area (Å²) in [5.74, 6) is 0. The Balaban J connectivity index is 1.77. The zero-order valence-electron chi connectivity index (χ0n) is 16.2. The predicted molar refractivity (Wildman–Crippen MR) is 122 cm³/mol. The SMILES string of the molecule is O=P(NC(Cc1ccccc1)c1ccccc1)(c1ccccc1)c1ccccc1. The maximum Gasteiger partial charge on any atom is 0.205 e. The van der Waals surface area contributed by atoms with E-state index in [0.717, 1.165) is 22.6 Å². The molecule has 0 aliphatic rings. The first-order valence-corrected chi connectivity index (χ1v) is 11.5. The molecule has 144 valence electrons. The van der Waals surface area contributed by atoms with Gasteiger partial charge in [0, 0.05) is 16.7 Å². The standard InChI is InChI=1S/C26H24NOP/c28-29(24-17-9-3-10-18-24,25-19-11-4-12-20-25)27-26(23-15-7-2-8-16-23)21-22-13-5-1-6-14-22/h1-20,26H,21H2,(H,27,28). The van der Waals surface area contributed by atoms with Crippen LogP contribution in [0.5, 0.6) is 0 Å². The number of hydrogen-bond acceptors (Lipinski definition) is 1. The first-order chi connectivity index (χ1) is 14.3. The highest BCUT2D eigenvalue weighted by Crippen LogP contribution is 2.42. The third kappa shape index (κ3) is 4.56. The maximum atomic E-state index is 14.5. The summed E-state index contributed by atoms with van der Waals surface area (Å²) < 4.78 is 14.5. The van der Waals surface area contributed by atoms with Crippen molar-refractivity contribution in [3.8, 4) is 0 Å². The summed E-state index contributed by atoms with van der Waals surface area (Å²) in [5, 5.41) is 5.22. The fourth-order valence-corrected chi connectivity index (χ4v) is 6.03. The number of rotatable bonds is 7. The van der Waals surface area contributed by atoms with Gasteiger partial charge >= 0.3 is 0 Å². The van der Waals surface area contributed by atoms with Crippen LogP contribution in [0.25, 0.3) is 0 Å². The van der Waals surface area contributed by atoms with E-state index >= 15 is 0 Å². The summed E-state index contributed by atoms with van der Waals surface area (Å²) in [7, 11) is -3.03. The third-order valence-corrected chi connectivity index (χ3v) is 7.79. The van der Waals surface area contributed by atoms with Crippen LogP contribution in [0.4, 0.5) is 0 Å². The van der Waals surface area contributed by atoms with Gasteiger partial charge in [-0.15, -0.1) is 0 Å². The Bertz CT molecular complexity index is 1020. The van der Waals surface area contributed by atoms with E-state index in [1.807, 2.05) is 97.1 Å². The van der Waals surface area contributed by atoms with E-state index in [4.69, 9.17) is 0 Å². The molecular weight excluding hydrogens is 373 g/mol. The predicted octanol–water partition coefficient (Wildman–Crippen LogP) is 5.49. The van der Waals surface area contributed by atoms with Crippen molar-refractivity contribution >= 4 is 17.9 Å². The highest BCUT2D eigenvalue weighted by molar-refractivity contribution is 7.76. The van der Waals surface area contributed by atoms with Crippen LogP contribution in [0.2, 0.25) is 0 Å². The van der Waals surface area contributed by atoms with Gasteiger partial charge in [-0.05, 0) is 41.8 Å². The fourth-order valence-electron chi connectivity index (χ4n) is 3.57. The first-order valence-electron chi connectivity index (χ1n) is 9.84. The first kappa shape index (κ1) is 19.4. The van der Waals surface area contributed by atoms with Gasteiger partial charge in [-0.1, -0.05) is 97.1 Å². The van der Waals surface area contributed by atoms with Crippen LogP contribution in [-0.4, -0.2) is 0 Å². The molecule has 3 heteroatoms. The lowest BCUT2D eigenvalue weighted by molar-refractivity contribution is 0.559. The average Bonchev–Trinajstić information content (AvgIpc) is 2.81. The molecule has 2 nitrogen and oxygen atoms in total. The molecule has 0 fully saturated rings. The van der Waals surface area contributed by atoms with Crippen LogP contribution < -0.4 is 15.7 Å². The molecule has 1 atom stereocenters. The Morgan fingerprint density at radius 1 is 0.586 bits per heavy atom. The maximum absolute atomic E-state index is 14.5. The molecule has 0 amide bonds. The highest BCUT2D eigenvalue weighted by atomic mass is 31.2. The topological polar surface area (TPSA) is 29.1 Å². The quantitative estimate of drug-likeness (QED) is 0.418. The van der Waals surface area contributed by atoms with E-state index < -0.39 is 7.29 Å². The van der Waals surface area contributed by atoms with Gasteiger partial charge in [0.25, 0.3) is 0 Å². The van der Waals surface area contributed by atoms with Gasteiger partial charge in [-0.25, -0.2) is 0 Å². The van der Waals surface area contributed by atoms with Crippen LogP contribution in [0.15, 0.2) is 121 Å². The summed E-state index contributed by atoms with van der Waals surface area (Å²) in [4.78, 5) is 0. The summed E-state index contributed by atoms with van der Waals surface area (Å²) in [6, 6.07) is 40.0. The summed E-state index contributed by atoms with van der Waals surface area (Å²) in [6.45, 7) is 0. The molecule has 0 radical (unpaired) electrons. The van der Waals surface area contributed by atoms with Gasteiger partial charge < -0.3 is 0 Å². The largest absolute Gasteiger partial charge is 0.297 e. The number of nitrogens with one attached hydrogen (secondary N) is 1. The lowest BCUT2D eigenvalue weighted by Crippen LogP contribution is -2.31. The van der Waals surface area contributed by atoms with Crippen molar-refractivity contribution in [1.29, 1.82) is 0 Å². The molecule has 4 aromatic rings. The van der Waals surface area contributed by atoms with Crippen LogP contribution in [0.3, 0.4) is 0 Å². The molecule has 0 saturated carbocycles. The fraction of sp³-hybridized carbons (Fsp3) is 0.0769. The molecule has 4 aromatic carbocycles. The molecule has 1 N–H and O–H groups in total. The van der Waals surface area contributed by atoms with Crippen molar-refractivity contribution in [1.82, 2.24) is 5.09 Å². The van der Waals surface area contributed by atoms with Crippen LogP contribution in [0.1, 0.15) is 17.2 Å². The highest BCUT2D eigenvalue weighted by Gasteiger charge is 2.30. The zero-order valence-corrected chi connectivity index (χ0v) is 17.1. The lowest BCUT2D eigenvalue weighted by atomic mass is 10.00.